The van der Waals surface area contributed by atoms with Gasteiger partial charge in [-0.1, -0.05) is 12.1 Å². The molecule has 0 aromatic heterocycles. The number of phenolic OH excluding ortho intramolecular Hbond substituents is 3. The first kappa shape index (κ1) is 14.0. The van der Waals surface area contributed by atoms with Crippen LogP contribution in [-0.2, 0) is 6.42 Å². The van der Waals surface area contributed by atoms with Gasteiger partial charge in [0.2, 0.25) is 0 Å². The molecule has 0 fully saturated rings. The van der Waals surface area contributed by atoms with E-state index in [1.165, 1.54) is 12.1 Å². The van der Waals surface area contributed by atoms with Crippen LogP contribution < -0.4 is 10.5 Å². The molecule has 0 spiro atoms. The molecule has 6 N–H and O–H groups in total. The second-order valence-corrected chi connectivity index (χ2v) is 4.65. The van der Waals surface area contributed by atoms with Gasteiger partial charge in [-0.2, -0.15) is 0 Å². The van der Waals surface area contributed by atoms with E-state index in [2.05, 4.69) is 5.73 Å². The fourth-order valence-corrected chi connectivity index (χ4v) is 2.18. The number of aromatic hydroxyl groups is 3. The molecule has 5 heteroatoms. The zero-order valence-corrected chi connectivity index (χ0v) is 11.2. The second-order valence-electron chi connectivity index (χ2n) is 4.65. The Morgan fingerprint density at radius 1 is 1.05 bits per heavy atom. The van der Waals surface area contributed by atoms with E-state index in [0.29, 0.717) is 12.0 Å². The van der Waals surface area contributed by atoms with Gasteiger partial charge in [0.05, 0.1) is 12.7 Å². The summed E-state index contributed by atoms with van der Waals surface area (Å²) in [5.41, 5.74) is 5.31. The highest BCUT2D eigenvalue weighted by atomic mass is 16.5. The summed E-state index contributed by atoms with van der Waals surface area (Å²) >= 11 is 0. The zero-order valence-electron chi connectivity index (χ0n) is 11.2. The van der Waals surface area contributed by atoms with Gasteiger partial charge in [-0.3, -0.25) is 0 Å². The molecule has 1 atom stereocenters. The Labute approximate surface area is 116 Å². The Morgan fingerprint density at radius 2 is 1.60 bits per heavy atom. The highest BCUT2D eigenvalue weighted by molar-refractivity contribution is 5.50. The maximum Gasteiger partial charge on any atom is 0.132 e. The lowest BCUT2D eigenvalue weighted by molar-refractivity contribution is -0.426. The van der Waals surface area contributed by atoms with Gasteiger partial charge in [0.1, 0.15) is 29.0 Å². The van der Waals surface area contributed by atoms with Crippen LogP contribution in [0.25, 0.3) is 0 Å². The average Bonchev–Trinajstić information content (AvgIpc) is 2.38. The Balaban J connectivity index is 2.21. The molecule has 0 saturated carbocycles. The summed E-state index contributed by atoms with van der Waals surface area (Å²) in [5, 5.41) is 28.9. The van der Waals surface area contributed by atoms with Crippen LogP contribution in [0.4, 0.5) is 0 Å². The van der Waals surface area contributed by atoms with Gasteiger partial charge >= 0.3 is 0 Å². The molecule has 0 aliphatic heterocycles. The number of hydrogen-bond donors (Lipinski definition) is 4. The number of ether oxygens (including phenoxy) is 1. The van der Waals surface area contributed by atoms with Crippen molar-refractivity contribution in [3.8, 4) is 23.0 Å². The fourth-order valence-electron chi connectivity index (χ4n) is 2.18. The van der Waals surface area contributed by atoms with Crippen molar-refractivity contribution < 1.29 is 25.8 Å². The Hall–Kier alpha value is -2.40. The monoisotopic (exact) mass is 276 g/mol. The van der Waals surface area contributed by atoms with Crippen molar-refractivity contribution in [2.75, 3.05) is 7.11 Å². The van der Waals surface area contributed by atoms with Crippen LogP contribution in [0.15, 0.2) is 36.4 Å². The average molecular weight is 276 g/mol. The second kappa shape index (κ2) is 5.71. The molecule has 0 saturated heterocycles. The van der Waals surface area contributed by atoms with E-state index in [1.54, 1.807) is 7.11 Å². The number of methoxy groups -OCH3 is 1. The van der Waals surface area contributed by atoms with Crippen LogP contribution >= 0.6 is 0 Å². The number of quaternary nitrogens is 1. The predicted octanol–water partition coefficient (Wildman–Crippen LogP) is 1.34. The SMILES string of the molecule is COc1ccc(CC([NH3+])c2c(O)cc(O)cc2O)cc1. The summed E-state index contributed by atoms with van der Waals surface area (Å²) in [5.74, 6) is 0.275. The van der Waals surface area contributed by atoms with Crippen molar-refractivity contribution in [1.29, 1.82) is 0 Å². The van der Waals surface area contributed by atoms with Crippen LogP contribution in [0, 0.1) is 0 Å². The van der Waals surface area contributed by atoms with Gasteiger partial charge in [0.25, 0.3) is 0 Å². The predicted molar refractivity (Wildman–Crippen MR) is 73.8 cm³/mol. The van der Waals surface area contributed by atoms with E-state index in [-0.39, 0.29) is 23.3 Å². The topological polar surface area (TPSA) is 97.6 Å². The van der Waals surface area contributed by atoms with Gasteiger partial charge in [-0.05, 0) is 17.7 Å². The number of hydrogen-bond acceptors (Lipinski definition) is 4. The first-order chi connectivity index (χ1) is 9.51. The zero-order chi connectivity index (χ0) is 14.7. The molecule has 2 rings (SSSR count). The lowest BCUT2D eigenvalue weighted by atomic mass is 9.98. The van der Waals surface area contributed by atoms with E-state index >= 15 is 0 Å². The van der Waals surface area contributed by atoms with Gasteiger partial charge in [0, 0.05) is 18.6 Å². The minimum atomic E-state index is -0.330. The largest absolute Gasteiger partial charge is 0.508 e. The molecule has 0 bridgehead atoms. The van der Waals surface area contributed by atoms with E-state index in [1.807, 2.05) is 24.3 Å². The normalized spacial score (nSPS) is 12.1. The van der Waals surface area contributed by atoms with E-state index < -0.39 is 0 Å². The Morgan fingerprint density at radius 3 is 2.10 bits per heavy atom. The lowest BCUT2D eigenvalue weighted by Gasteiger charge is -2.13. The third-order valence-electron chi connectivity index (χ3n) is 3.17. The highest BCUT2D eigenvalue weighted by Crippen LogP contribution is 2.36. The first-order valence-electron chi connectivity index (χ1n) is 6.22. The fraction of sp³-hybridized carbons (Fsp3) is 0.200. The molecule has 1 unspecified atom stereocenters. The summed E-state index contributed by atoms with van der Waals surface area (Å²) in [4.78, 5) is 0. The Bertz CT molecular complexity index is 572. The van der Waals surface area contributed by atoms with Crippen LogP contribution in [0.3, 0.4) is 0 Å². The molecule has 2 aromatic carbocycles. The standard InChI is InChI=1S/C15H17NO4/c1-20-11-4-2-9(3-5-11)6-12(16)15-13(18)7-10(17)8-14(15)19/h2-5,7-8,12,17-19H,6,16H2,1H3/p+1. The van der Waals surface area contributed by atoms with Crippen molar-refractivity contribution in [3.63, 3.8) is 0 Å². The number of phenols is 3. The third kappa shape index (κ3) is 2.95. The van der Waals surface area contributed by atoms with Crippen LogP contribution in [0.2, 0.25) is 0 Å². The molecule has 5 nitrogen and oxygen atoms in total. The summed E-state index contributed by atoms with van der Waals surface area (Å²) in [6.45, 7) is 0. The van der Waals surface area contributed by atoms with E-state index in [9.17, 15) is 15.3 Å². The third-order valence-corrected chi connectivity index (χ3v) is 3.17. The first-order valence-corrected chi connectivity index (χ1v) is 6.22. The molecular weight excluding hydrogens is 258 g/mol. The van der Waals surface area contributed by atoms with E-state index in [4.69, 9.17) is 4.74 Å². The number of benzene rings is 2. The van der Waals surface area contributed by atoms with Crippen LogP contribution in [0.1, 0.15) is 17.2 Å². The molecule has 106 valence electrons. The van der Waals surface area contributed by atoms with Crippen LogP contribution in [0.5, 0.6) is 23.0 Å². The number of rotatable bonds is 4. The van der Waals surface area contributed by atoms with Gasteiger partial charge in [-0.25, -0.2) is 0 Å². The molecule has 0 heterocycles. The maximum atomic E-state index is 9.82. The lowest BCUT2D eigenvalue weighted by Crippen LogP contribution is -2.54. The smallest absolute Gasteiger partial charge is 0.132 e. The van der Waals surface area contributed by atoms with Crippen molar-refractivity contribution in [3.05, 3.63) is 47.5 Å². The van der Waals surface area contributed by atoms with Gasteiger partial charge in [0.15, 0.2) is 0 Å². The van der Waals surface area contributed by atoms with Crippen molar-refractivity contribution >= 4 is 0 Å². The summed E-state index contributed by atoms with van der Waals surface area (Å²) in [6.07, 6.45) is 0.551. The van der Waals surface area contributed by atoms with Gasteiger partial charge < -0.3 is 25.8 Å². The molecule has 0 aliphatic carbocycles. The van der Waals surface area contributed by atoms with E-state index in [0.717, 1.165) is 11.3 Å². The molecule has 0 amide bonds. The van der Waals surface area contributed by atoms with Crippen LogP contribution in [-0.4, -0.2) is 22.4 Å². The minimum absolute atomic E-state index is 0.156. The Kier molecular flexibility index (Phi) is 4.00. The quantitative estimate of drug-likeness (QED) is 0.677. The molecule has 2 aromatic rings. The van der Waals surface area contributed by atoms with Crippen molar-refractivity contribution in [2.45, 2.75) is 12.5 Å². The molecule has 20 heavy (non-hydrogen) atoms. The molecule has 0 aliphatic rings. The molecular formula is C15H18NO4+. The maximum absolute atomic E-state index is 9.82. The van der Waals surface area contributed by atoms with Gasteiger partial charge in [-0.15, -0.1) is 0 Å². The highest BCUT2D eigenvalue weighted by Gasteiger charge is 2.20. The summed E-state index contributed by atoms with van der Waals surface area (Å²) in [6, 6.07) is 9.57. The van der Waals surface area contributed by atoms with Crippen molar-refractivity contribution in [1.82, 2.24) is 0 Å². The summed E-state index contributed by atoms with van der Waals surface area (Å²) < 4.78 is 5.09. The summed E-state index contributed by atoms with van der Waals surface area (Å²) in [7, 11) is 1.60. The van der Waals surface area contributed by atoms with Crippen molar-refractivity contribution in [2.24, 2.45) is 0 Å². The minimum Gasteiger partial charge on any atom is -0.508 e. The molecule has 0 radical (unpaired) electrons.